The van der Waals surface area contributed by atoms with Gasteiger partial charge in [-0.05, 0) is 61.7 Å². The Kier molecular flexibility index (Phi) is 4.47. The van der Waals surface area contributed by atoms with Crippen molar-refractivity contribution in [2.45, 2.75) is 32.9 Å². The summed E-state index contributed by atoms with van der Waals surface area (Å²) in [5, 5.41) is 8.05. The third-order valence-electron chi connectivity index (χ3n) is 4.74. The van der Waals surface area contributed by atoms with Gasteiger partial charge in [-0.3, -0.25) is 0 Å². The van der Waals surface area contributed by atoms with E-state index >= 15 is 0 Å². The Morgan fingerprint density at radius 1 is 1.19 bits per heavy atom. The zero-order chi connectivity index (χ0) is 18.1. The van der Waals surface area contributed by atoms with Crippen molar-refractivity contribution in [1.82, 2.24) is 15.1 Å². The van der Waals surface area contributed by atoms with Crippen molar-refractivity contribution < 1.29 is 9.13 Å². The van der Waals surface area contributed by atoms with Crippen LogP contribution in [0.15, 0.2) is 48.5 Å². The molecule has 0 aliphatic carbocycles. The highest BCUT2D eigenvalue weighted by molar-refractivity contribution is 5.42. The maximum atomic E-state index is 13.8. The van der Waals surface area contributed by atoms with Crippen LogP contribution in [-0.2, 0) is 13.0 Å². The number of ether oxygens (including phenoxy) is 1. The summed E-state index contributed by atoms with van der Waals surface area (Å²) >= 11 is 0. The lowest BCUT2D eigenvalue weighted by molar-refractivity contribution is 0.238. The van der Waals surface area contributed by atoms with Gasteiger partial charge in [0.15, 0.2) is 0 Å². The number of hydrogen-bond acceptors (Lipinski definition) is 3. The fourth-order valence-electron chi connectivity index (χ4n) is 3.49. The number of fused-ring (bicyclic) bond motifs is 1. The van der Waals surface area contributed by atoms with Gasteiger partial charge in [-0.2, -0.15) is 5.10 Å². The quantitative estimate of drug-likeness (QED) is 0.779. The minimum absolute atomic E-state index is 0.196. The van der Waals surface area contributed by atoms with Crippen LogP contribution < -0.4 is 10.1 Å². The summed E-state index contributed by atoms with van der Waals surface area (Å²) in [5.74, 6) is 0.719. The molecule has 1 unspecified atom stereocenters. The molecule has 0 saturated carbocycles. The van der Waals surface area contributed by atoms with Gasteiger partial charge in [-0.15, -0.1) is 0 Å². The molecule has 2 heterocycles. The second-order valence-corrected chi connectivity index (χ2v) is 6.81. The standard InChI is InChI=1S/C21H22FN3O/c1-14-9-15(2)25(24-14)20-8-7-18(22)10-17(20)12-23-19-11-16-5-3-4-6-21(16)26-13-19/h3-10,19,23H,11-13H2,1-2H3. The average Bonchev–Trinajstić information content (AvgIpc) is 2.98. The number of aromatic nitrogens is 2. The predicted octanol–water partition coefficient (Wildman–Crippen LogP) is 3.72. The molecule has 0 radical (unpaired) electrons. The predicted molar refractivity (Wildman–Crippen MR) is 99.3 cm³/mol. The molecule has 4 rings (SSSR count). The Morgan fingerprint density at radius 3 is 2.85 bits per heavy atom. The number of para-hydroxylation sites is 1. The van der Waals surface area contributed by atoms with Crippen molar-refractivity contribution >= 4 is 0 Å². The number of aryl methyl sites for hydroxylation is 2. The van der Waals surface area contributed by atoms with Crippen LogP contribution in [0.5, 0.6) is 5.75 Å². The molecular formula is C21H22FN3O. The molecular weight excluding hydrogens is 329 g/mol. The van der Waals surface area contributed by atoms with E-state index in [9.17, 15) is 4.39 Å². The van der Waals surface area contributed by atoms with Crippen molar-refractivity contribution in [3.63, 3.8) is 0 Å². The summed E-state index contributed by atoms with van der Waals surface area (Å²) in [6, 6.07) is 15.2. The van der Waals surface area contributed by atoms with Crippen LogP contribution in [0.2, 0.25) is 0 Å². The van der Waals surface area contributed by atoms with Crippen LogP contribution in [0.3, 0.4) is 0 Å². The molecule has 1 aliphatic heterocycles. The third kappa shape index (κ3) is 3.35. The molecule has 0 fully saturated rings. The molecule has 4 nitrogen and oxygen atoms in total. The summed E-state index contributed by atoms with van der Waals surface area (Å²) in [4.78, 5) is 0. The Morgan fingerprint density at radius 2 is 2.04 bits per heavy atom. The minimum Gasteiger partial charge on any atom is -0.492 e. The molecule has 0 amide bonds. The minimum atomic E-state index is -0.239. The highest BCUT2D eigenvalue weighted by Crippen LogP contribution is 2.24. The summed E-state index contributed by atoms with van der Waals surface area (Å²) in [6.07, 6.45) is 0.904. The average molecular weight is 351 g/mol. The molecule has 0 bridgehead atoms. The van der Waals surface area contributed by atoms with Gasteiger partial charge in [0.25, 0.3) is 0 Å². The third-order valence-corrected chi connectivity index (χ3v) is 4.74. The van der Waals surface area contributed by atoms with Gasteiger partial charge in [-0.1, -0.05) is 18.2 Å². The maximum Gasteiger partial charge on any atom is 0.123 e. The van der Waals surface area contributed by atoms with E-state index in [2.05, 4.69) is 16.5 Å². The van der Waals surface area contributed by atoms with Crippen LogP contribution in [0.25, 0.3) is 5.69 Å². The van der Waals surface area contributed by atoms with Gasteiger partial charge >= 0.3 is 0 Å². The number of nitrogens with zero attached hydrogens (tertiary/aromatic N) is 2. The van der Waals surface area contributed by atoms with Gasteiger partial charge in [0.1, 0.15) is 18.2 Å². The second-order valence-electron chi connectivity index (χ2n) is 6.81. The van der Waals surface area contributed by atoms with Gasteiger partial charge in [-0.25, -0.2) is 9.07 Å². The molecule has 3 aromatic rings. The van der Waals surface area contributed by atoms with E-state index in [1.54, 1.807) is 12.1 Å². The zero-order valence-corrected chi connectivity index (χ0v) is 15.0. The fourth-order valence-corrected chi connectivity index (χ4v) is 3.49. The van der Waals surface area contributed by atoms with Crippen LogP contribution >= 0.6 is 0 Å². The van der Waals surface area contributed by atoms with Crippen LogP contribution in [0, 0.1) is 19.7 Å². The van der Waals surface area contributed by atoms with E-state index in [-0.39, 0.29) is 11.9 Å². The van der Waals surface area contributed by atoms with Gasteiger partial charge < -0.3 is 10.1 Å². The van der Waals surface area contributed by atoms with Crippen LogP contribution in [0.1, 0.15) is 22.5 Å². The molecule has 0 spiro atoms. The molecule has 2 aromatic carbocycles. The largest absolute Gasteiger partial charge is 0.492 e. The first-order chi connectivity index (χ1) is 12.6. The summed E-state index contributed by atoms with van der Waals surface area (Å²) in [5.41, 5.74) is 4.97. The smallest absolute Gasteiger partial charge is 0.123 e. The lowest BCUT2D eigenvalue weighted by Gasteiger charge is -2.26. The van der Waals surface area contributed by atoms with Crippen LogP contribution in [-0.4, -0.2) is 22.4 Å². The van der Waals surface area contributed by atoms with Crippen molar-refractivity contribution in [2.24, 2.45) is 0 Å². The summed E-state index contributed by atoms with van der Waals surface area (Å²) in [6.45, 7) is 5.14. The SMILES string of the molecule is Cc1cc(C)n(-c2ccc(F)cc2CNC2COc3ccccc3C2)n1. The van der Waals surface area contributed by atoms with E-state index in [1.807, 2.05) is 42.8 Å². The normalized spacial score (nSPS) is 16.2. The first-order valence-electron chi connectivity index (χ1n) is 8.86. The Labute approximate surface area is 152 Å². The van der Waals surface area contributed by atoms with Gasteiger partial charge in [0, 0.05) is 18.3 Å². The van der Waals surface area contributed by atoms with Crippen molar-refractivity contribution in [3.05, 3.63) is 76.9 Å². The van der Waals surface area contributed by atoms with E-state index < -0.39 is 0 Å². The second kappa shape index (κ2) is 6.92. The number of halogens is 1. The number of nitrogens with one attached hydrogen (secondary N) is 1. The van der Waals surface area contributed by atoms with Crippen LogP contribution in [0.4, 0.5) is 4.39 Å². The Bertz CT molecular complexity index is 935. The molecule has 5 heteroatoms. The lowest BCUT2D eigenvalue weighted by atomic mass is 10.0. The zero-order valence-electron chi connectivity index (χ0n) is 15.0. The highest BCUT2D eigenvalue weighted by atomic mass is 19.1. The van der Waals surface area contributed by atoms with E-state index in [1.165, 1.54) is 11.6 Å². The number of benzene rings is 2. The van der Waals surface area contributed by atoms with E-state index in [0.717, 1.165) is 34.8 Å². The summed E-state index contributed by atoms with van der Waals surface area (Å²) in [7, 11) is 0. The molecule has 0 saturated heterocycles. The van der Waals surface area contributed by atoms with E-state index in [0.29, 0.717) is 13.2 Å². The molecule has 134 valence electrons. The fraction of sp³-hybridized carbons (Fsp3) is 0.286. The highest BCUT2D eigenvalue weighted by Gasteiger charge is 2.19. The van der Waals surface area contributed by atoms with Crippen molar-refractivity contribution in [1.29, 1.82) is 0 Å². The molecule has 1 atom stereocenters. The summed E-state index contributed by atoms with van der Waals surface area (Å²) < 4.78 is 21.6. The molecule has 26 heavy (non-hydrogen) atoms. The Hall–Kier alpha value is -2.66. The Balaban J connectivity index is 1.54. The van der Waals surface area contributed by atoms with Gasteiger partial charge in [0.2, 0.25) is 0 Å². The van der Waals surface area contributed by atoms with E-state index in [4.69, 9.17) is 4.74 Å². The first-order valence-corrected chi connectivity index (χ1v) is 8.86. The maximum absolute atomic E-state index is 13.8. The number of rotatable bonds is 4. The number of hydrogen-bond donors (Lipinski definition) is 1. The first kappa shape index (κ1) is 16.8. The lowest BCUT2D eigenvalue weighted by Crippen LogP contribution is -2.39. The monoisotopic (exact) mass is 351 g/mol. The molecule has 1 aliphatic rings. The van der Waals surface area contributed by atoms with Crippen molar-refractivity contribution in [3.8, 4) is 11.4 Å². The topological polar surface area (TPSA) is 39.1 Å². The molecule has 1 N–H and O–H groups in total. The van der Waals surface area contributed by atoms with Crippen molar-refractivity contribution in [2.75, 3.05) is 6.61 Å². The van der Waals surface area contributed by atoms with Gasteiger partial charge in [0.05, 0.1) is 11.4 Å². The molecule has 1 aromatic heterocycles.